The fourth-order valence-corrected chi connectivity index (χ4v) is 4.06. The number of anilines is 1. The van der Waals surface area contributed by atoms with Crippen LogP contribution in [0.1, 0.15) is 11.3 Å². The third-order valence-electron chi connectivity index (χ3n) is 3.77. The number of carbonyl (C=O) groups excluding carboxylic acids is 2. The third kappa shape index (κ3) is 5.86. The van der Waals surface area contributed by atoms with Crippen LogP contribution in [0, 0.1) is 10.1 Å². The van der Waals surface area contributed by atoms with Crippen LogP contribution in [0.2, 0.25) is 0 Å². The zero-order chi connectivity index (χ0) is 22.6. The Labute approximate surface area is 180 Å². The molecule has 0 atom stereocenters. The highest BCUT2D eigenvalue weighted by atomic mass is 32.1. The molecule has 1 aromatic carbocycles. The van der Waals surface area contributed by atoms with Gasteiger partial charge < -0.3 is 10.1 Å². The predicted octanol–water partition coefficient (Wildman–Crippen LogP) is 4.52. The number of halogens is 3. The van der Waals surface area contributed by atoms with Crippen molar-refractivity contribution in [2.75, 3.05) is 11.9 Å². The smallest absolute Gasteiger partial charge is 0.418 e. The van der Waals surface area contributed by atoms with E-state index in [0.29, 0.717) is 11.8 Å². The van der Waals surface area contributed by atoms with E-state index >= 15 is 0 Å². The Hall–Kier alpha value is -3.32. The first-order chi connectivity index (χ1) is 14.6. The number of alkyl halides is 3. The number of thiazole rings is 1. The summed E-state index contributed by atoms with van der Waals surface area (Å²) in [5.74, 6) is -1.80. The number of hydrogen-bond acceptors (Lipinski definition) is 8. The van der Waals surface area contributed by atoms with Gasteiger partial charge in [0.25, 0.3) is 11.6 Å². The molecule has 0 aliphatic rings. The highest BCUT2D eigenvalue weighted by Crippen LogP contribution is 2.37. The van der Waals surface area contributed by atoms with E-state index in [1.165, 1.54) is 22.7 Å². The normalized spacial score (nSPS) is 11.2. The van der Waals surface area contributed by atoms with Crippen LogP contribution in [0.25, 0.3) is 9.88 Å². The summed E-state index contributed by atoms with van der Waals surface area (Å²) in [6.07, 6.45) is -5.14. The zero-order valence-electron chi connectivity index (χ0n) is 15.3. The van der Waals surface area contributed by atoms with E-state index in [4.69, 9.17) is 4.74 Å². The fraction of sp³-hybridized carbons (Fsp3) is 0.167. The molecule has 13 heteroatoms. The number of non-ortho nitro benzene ring substituents is 1. The first kappa shape index (κ1) is 22.4. The Morgan fingerprint density at radius 1 is 1.23 bits per heavy atom. The molecule has 31 heavy (non-hydrogen) atoms. The number of nitrogens with zero attached hydrogens (tertiary/aromatic N) is 2. The minimum Gasteiger partial charge on any atom is -0.455 e. The van der Waals surface area contributed by atoms with E-state index in [1.54, 1.807) is 5.38 Å². The van der Waals surface area contributed by atoms with Gasteiger partial charge in [0.05, 0.1) is 33.2 Å². The van der Waals surface area contributed by atoms with Crippen LogP contribution >= 0.6 is 22.7 Å². The quantitative estimate of drug-likeness (QED) is 0.308. The molecule has 0 saturated heterocycles. The SMILES string of the molecule is O=C(COC(=O)Cc1csc(-c2cccs2)n1)Nc1ccc([N+](=O)[O-])cc1C(F)(F)F. The van der Waals surface area contributed by atoms with Crippen molar-refractivity contribution >= 4 is 45.9 Å². The maximum atomic E-state index is 13.1. The summed E-state index contributed by atoms with van der Waals surface area (Å²) in [5.41, 5.74) is -2.40. The Morgan fingerprint density at radius 2 is 2.00 bits per heavy atom. The topological polar surface area (TPSA) is 111 Å². The van der Waals surface area contributed by atoms with Gasteiger partial charge in [-0.15, -0.1) is 22.7 Å². The van der Waals surface area contributed by atoms with Gasteiger partial charge in [-0.3, -0.25) is 19.7 Å². The third-order valence-corrected chi connectivity index (χ3v) is 5.70. The molecule has 3 aromatic rings. The maximum Gasteiger partial charge on any atom is 0.418 e. The molecule has 0 aliphatic carbocycles. The summed E-state index contributed by atoms with van der Waals surface area (Å²) in [7, 11) is 0. The van der Waals surface area contributed by atoms with Crippen molar-refractivity contribution < 1.29 is 32.4 Å². The average molecular weight is 471 g/mol. The van der Waals surface area contributed by atoms with Gasteiger partial charge in [0.1, 0.15) is 5.01 Å². The number of thiophene rings is 1. The van der Waals surface area contributed by atoms with Crippen LogP contribution < -0.4 is 5.32 Å². The molecular weight excluding hydrogens is 459 g/mol. The highest BCUT2D eigenvalue weighted by molar-refractivity contribution is 7.20. The Balaban J connectivity index is 1.57. The number of nitro groups is 1. The number of carbonyl (C=O) groups is 2. The molecule has 1 amide bonds. The number of rotatable bonds is 7. The lowest BCUT2D eigenvalue weighted by Gasteiger charge is -2.13. The molecule has 0 bridgehead atoms. The van der Waals surface area contributed by atoms with E-state index in [0.717, 1.165) is 22.0 Å². The molecule has 2 heterocycles. The van der Waals surface area contributed by atoms with E-state index in [-0.39, 0.29) is 6.42 Å². The van der Waals surface area contributed by atoms with Crippen molar-refractivity contribution in [3.05, 3.63) is 62.5 Å². The lowest BCUT2D eigenvalue weighted by Crippen LogP contribution is -2.23. The number of ether oxygens (including phenoxy) is 1. The number of amides is 1. The Morgan fingerprint density at radius 3 is 2.65 bits per heavy atom. The Kier molecular flexibility index (Phi) is 6.65. The fourth-order valence-electron chi connectivity index (χ4n) is 2.42. The molecule has 1 N–H and O–H groups in total. The van der Waals surface area contributed by atoms with Crippen molar-refractivity contribution in [1.82, 2.24) is 4.98 Å². The molecule has 0 aliphatic heterocycles. The Bertz CT molecular complexity index is 1110. The molecule has 162 valence electrons. The number of nitro benzene ring substituents is 1. The van der Waals surface area contributed by atoms with Crippen molar-refractivity contribution in [1.29, 1.82) is 0 Å². The van der Waals surface area contributed by atoms with Crippen LogP contribution in [0.4, 0.5) is 24.5 Å². The number of aromatic nitrogens is 1. The lowest BCUT2D eigenvalue weighted by molar-refractivity contribution is -0.385. The standard InChI is InChI=1S/C18H12F3N3O5S2/c19-18(20,21)12-7-11(24(27)28)3-4-13(12)23-15(25)8-29-16(26)6-10-9-31-17(22-10)14-2-1-5-30-14/h1-5,7,9H,6,8H2,(H,23,25). The van der Waals surface area contributed by atoms with Crippen LogP contribution in [0.5, 0.6) is 0 Å². The molecule has 0 saturated carbocycles. The molecule has 2 aromatic heterocycles. The number of benzene rings is 1. The molecule has 3 rings (SSSR count). The minimum atomic E-state index is -4.93. The summed E-state index contributed by atoms with van der Waals surface area (Å²) in [6, 6.07) is 5.65. The van der Waals surface area contributed by atoms with Gasteiger partial charge in [-0.2, -0.15) is 13.2 Å². The van der Waals surface area contributed by atoms with Gasteiger partial charge >= 0.3 is 12.1 Å². The second-order valence-electron chi connectivity index (χ2n) is 5.99. The van der Waals surface area contributed by atoms with Gasteiger partial charge in [0, 0.05) is 17.5 Å². The monoisotopic (exact) mass is 471 g/mol. The summed E-state index contributed by atoms with van der Waals surface area (Å²) in [4.78, 5) is 38.8. The summed E-state index contributed by atoms with van der Waals surface area (Å²) in [6.45, 7) is -0.824. The summed E-state index contributed by atoms with van der Waals surface area (Å²) in [5, 5.41) is 16.9. The van der Waals surface area contributed by atoms with E-state index < -0.39 is 46.5 Å². The molecule has 0 unspecified atom stereocenters. The van der Waals surface area contributed by atoms with Gasteiger partial charge in [-0.1, -0.05) is 6.07 Å². The van der Waals surface area contributed by atoms with Gasteiger partial charge in [-0.25, -0.2) is 4.98 Å². The van der Waals surface area contributed by atoms with Crippen LogP contribution in [-0.4, -0.2) is 28.4 Å². The average Bonchev–Trinajstić information content (AvgIpc) is 3.37. The number of nitrogens with one attached hydrogen (secondary N) is 1. The van der Waals surface area contributed by atoms with Crippen molar-refractivity contribution in [3.63, 3.8) is 0 Å². The molecular formula is C18H12F3N3O5S2. The second kappa shape index (κ2) is 9.22. The van der Waals surface area contributed by atoms with Gasteiger partial charge in [0.2, 0.25) is 0 Å². The van der Waals surface area contributed by atoms with Crippen molar-refractivity contribution in [2.45, 2.75) is 12.6 Å². The minimum absolute atomic E-state index is 0.208. The summed E-state index contributed by atoms with van der Waals surface area (Å²) >= 11 is 2.83. The predicted molar refractivity (Wildman–Crippen MR) is 107 cm³/mol. The molecule has 0 spiro atoms. The second-order valence-corrected chi connectivity index (χ2v) is 7.80. The number of hydrogen-bond donors (Lipinski definition) is 1. The zero-order valence-corrected chi connectivity index (χ0v) is 17.0. The molecule has 8 nitrogen and oxygen atoms in total. The van der Waals surface area contributed by atoms with E-state index in [1.807, 2.05) is 22.8 Å². The van der Waals surface area contributed by atoms with Crippen LogP contribution in [0.3, 0.4) is 0 Å². The molecule has 0 fully saturated rings. The van der Waals surface area contributed by atoms with Gasteiger partial charge in [-0.05, 0) is 17.5 Å². The van der Waals surface area contributed by atoms with Crippen molar-refractivity contribution in [2.24, 2.45) is 0 Å². The molecule has 0 radical (unpaired) electrons. The van der Waals surface area contributed by atoms with Gasteiger partial charge in [0.15, 0.2) is 6.61 Å². The number of esters is 1. The van der Waals surface area contributed by atoms with E-state index in [2.05, 4.69) is 4.98 Å². The van der Waals surface area contributed by atoms with Crippen LogP contribution in [-0.2, 0) is 26.9 Å². The van der Waals surface area contributed by atoms with E-state index in [9.17, 15) is 32.9 Å². The van der Waals surface area contributed by atoms with Crippen molar-refractivity contribution in [3.8, 4) is 9.88 Å². The first-order valence-corrected chi connectivity index (χ1v) is 10.2. The first-order valence-electron chi connectivity index (χ1n) is 8.43. The summed E-state index contributed by atoms with van der Waals surface area (Å²) < 4.78 is 44.2. The highest BCUT2D eigenvalue weighted by Gasteiger charge is 2.35. The maximum absolute atomic E-state index is 13.1. The van der Waals surface area contributed by atoms with Crippen LogP contribution in [0.15, 0.2) is 41.1 Å². The lowest BCUT2D eigenvalue weighted by atomic mass is 10.1. The largest absolute Gasteiger partial charge is 0.455 e.